The van der Waals surface area contributed by atoms with Crippen LogP contribution in [0, 0.1) is 0 Å². The van der Waals surface area contributed by atoms with E-state index in [1.165, 1.54) is 12.6 Å². The molecule has 0 saturated carbocycles. The molecule has 0 bridgehead atoms. The molecule has 0 unspecified atom stereocenters. The third kappa shape index (κ3) is 4.43. The molecule has 4 rings (SSSR count). The first-order valence-electron chi connectivity index (χ1n) is 10.4. The van der Waals surface area contributed by atoms with E-state index in [1.54, 1.807) is 0 Å². The molecule has 1 N–H and O–H groups in total. The summed E-state index contributed by atoms with van der Waals surface area (Å²) >= 11 is 0. The highest BCUT2D eigenvalue weighted by molar-refractivity contribution is 5.91. The summed E-state index contributed by atoms with van der Waals surface area (Å²) in [5.41, 5.74) is 4.19. The Kier molecular flexibility index (Phi) is 5.81. The van der Waals surface area contributed by atoms with Crippen LogP contribution in [0.5, 0.6) is 0 Å². The molecule has 0 aliphatic carbocycles. The summed E-state index contributed by atoms with van der Waals surface area (Å²) in [6.07, 6.45) is 1.06. The molecular weight excluding hydrogens is 362 g/mol. The Balaban J connectivity index is 1.49. The van der Waals surface area contributed by atoms with Crippen LogP contribution in [0.2, 0.25) is 0 Å². The van der Waals surface area contributed by atoms with E-state index in [1.807, 2.05) is 12.1 Å². The Morgan fingerprint density at radius 1 is 1.07 bits per heavy atom. The van der Waals surface area contributed by atoms with Crippen molar-refractivity contribution in [3.63, 3.8) is 0 Å². The Labute approximate surface area is 172 Å². The van der Waals surface area contributed by atoms with Gasteiger partial charge in [-0.05, 0) is 36.8 Å². The van der Waals surface area contributed by atoms with Gasteiger partial charge in [0.05, 0.1) is 17.6 Å². The first-order chi connectivity index (χ1) is 14.1. The molecule has 1 saturated heterocycles. The molecule has 1 fully saturated rings. The van der Waals surface area contributed by atoms with Crippen molar-refractivity contribution in [2.75, 3.05) is 36.4 Å². The minimum Gasteiger partial charge on any atom is -0.369 e. The molecule has 1 aliphatic rings. The van der Waals surface area contributed by atoms with Crippen molar-refractivity contribution < 1.29 is 4.79 Å². The highest BCUT2D eigenvalue weighted by Gasteiger charge is 2.20. The average Bonchev–Trinajstić information content (AvgIpc) is 3.05. The number of hydrogen-bond donors (Lipinski definition) is 1. The van der Waals surface area contributed by atoms with E-state index in [0.29, 0.717) is 0 Å². The van der Waals surface area contributed by atoms with Crippen LogP contribution in [0.1, 0.15) is 26.1 Å². The molecule has 6 nitrogen and oxygen atoms in total. The van der Waals surface area contributed by atoms with Crippen LogP contribution in [0.25, 0.3) is 11.0 Å². The number of amides is 1. The van der Waals surface area contributed by atoms with Gasteiger partial charge in [-0.1, -0.05) is 25.1 Å². The van der Waals surface area contributed by atoms with Gasteiger partial charge in [-0.25, -0.2) is 4.98 Å². The van der Waals surface area contributed by atoms with Gasteiger partial charge in [0.1, 0.15) is 5.82 Å². The lowest BCUT2D eigenvalue weighted by molar-refractivity contribution is -0.114. The van der Waals surface area contributed by atoms with Gasteiger partial charge in [-0.2, -0.15) is 0 Å². The number of imidazole rings is 1. The standard InChI is InChI=1S/C23H29N5O/c1-3-11-28-22-10-9-19(24-18(2)29)16-21(22)25-23(28)17-26-12-14-27(15-13-26)20-7-5-4-6-8-20/h4-10,16H,3,11-15,17H2,1-2H3,(H,24,29). The van der Waals surface area contributed by atoms with Gasteiger partial charge >= 0.3 is 0 Å². The van der Waals surface area contributed by atoms with Crippen LogP contribution >= 0.6 is 0 Å². The molecule has 0 spiro atoms. The Bertz CT molecular complexity index is 974. The van der Waals surface area contributed by atoms with Gasteiger partial charge < -0.3 is 14.8 Å². The highest BCUT2D eigenvalue weighted by atomic mass is 16.1. The molecule has 1 aliphatic heterocycles. The highest BCUT2D eigenvalue weighted by Crippen LogP contribution is 2.23. The minimum atomic E-state index is -0.0612. The van der Waals surface area contributed by atoms with Crippen molar-refractivity contribution in [1.82, 2.24) is 14.5 Å². The Hall–Kier alpha value is -2.86. The molecule has 6 heteroatoms. The lowest BCUT2D eigenvalue weighted by atomic mass is 10.2. The molecule has 3 aromatic rings. The average molecular weight is 392 g/mol. The normalized spacial score (nSPS) is 15.0. The van der Waals surface area contributed by atoms with Crippen molar-refractivity contribution in [2.24, 2.45) is 0 Å². The van der Waals surface area contributed by atoms with E-state index in [4.69, 9.17) is 4.98 Å². The number of rotatable bonds is 6. The molecule has 2 heterocycles. The second-order valence-corrected chi connectivity index (χ2v) is 7.66. The van der Waals surface area contributed by atoms with Gasteiger partial charge in [0.15, 0.2) is 0 Å². The number of anilines is 2. The van der Waals surface area contributed by atoms with E-state index in [0.717, 1.165) is 68.2 Å². The number of fused-ring (bicyclic) bond motifs is 1. The topological polar surface area (TPSA) is 53.4 Å². The summed E-state index contributed by atoms with van der Waals surface area (Å²) in [4.78, 5) is 21.2. The van der Waals surface area contributed by atoms with Crippen LogP contribution < -0.4 is 10.2 Å². The monoisotopic (exact) mass is 391 g/mol. The molecule has 1 aromatic heterocycles. The summed E-state index contributed by atoms with van der Waals surface area (Å²) in [7, 11) is 0. The predicted octanol–water partition coefficient (Wildman–Crippen LogP) is 3.73. The molecule has 1 amide bonds. The molecule has 152 valence electrons. The van der Waals surface area contributed by atoms with Crippen molar-refractivity contribution >= 4 is 28.3 Å². The van der Waals surface area contributed by atoms with Gasteiger partial charge in [0.25, 0.3) is 0 Å². The van der Waals surface area contributed by atoms with Crippen LogP contribution in [0.4, 0.5) is 11.4 Å². The Morgan fingerprint density at radius 3 is 2.52 bits per heavy atom. The third-order valence-electron chi connectivity index (χ3n) is 5.45. The number of carbonyl (C=O) groups is 1. The van der Waals surface area contributed by atoms with Crippen LogP contribution in [-0.4, -0.2) is 46.5 Å². The zero-order valence-corrected chi connectivity index (χ0v) is 17.3. The Morgan fingerprint density at radius 2 is 1.83 bits per heavy atom. The number of piperazine rings is 1. The molecule has 0 atom stereocenters. The van der Waals surface area contributed by atoms with Crippen molar-refractivity contribution in [3.8, 4) is 0 Å². The minimum absolute atomic E-state index is 0.0612. The van der Waals surface area contributed by atoms with E-state index in [9.17, 15) is 4.79 Å². The van der Waals surface area contributed by atoms with Gasteiger partial charge in [0, 0.05) is 51.0 Å². The maximum atomic E-state index is 11.4. The maximum Gasteiger partial charge on any atom is 0.221 e. The lowest BCUT2D eigenvalue weighted by Gasteiger charge is -2.36. The third-order valence-corrected chi connectivity index (χ3v) is 5.45. The van der Waals surface area contributed by atoms with Crippen LogP contribution in [0.3, 0.4) is 0 Å². The quantitative estimate of drug-likeness (QED) is 0.696. The second kappa shape index (κ2) is 8.66. The SMILES string of the molecule is CCCn1c(CN2CCN(c3ccccc3)CC2)nc2cc(NC(C)=O)ccc21. The smallest absolute Gasteiger partial charge is 0.221 e. The van der Waals surface area contributed by atoms with Crippen molar-refractivity contribution in [3.05, 3.63) is 54.4 Å². The van der Waals surface area contributed by atoms with Gasteiger partial charge in [0.2, 0.25) is 5.91 Å². The van der Waals surface area contributed by atoms with E-state index in [-0.39, 0.29) is 5.91 Å². The molecular formula is C23H29N5O. The molecule has 2 aromatic carbocycles. The first-order valence-corrected chi connectivity index (χ1v) is 10.4. The number of benzene rings is 2. The summed E-state index contributed by atoms with van der Waals surface area (Å²) in [5, 5.41) is 2.86. The summed E-state index contributed by atoms with van der Waals surface area (Å²) < 4.78 is 2.33. The van der Waals surface area contributed by atoms with Gasteiger partial charge in [-0.3, -0.25) is 9.69 Å². The van der Waals surface area contributed by atoms with E-state index >= 15 is 0 Å². The number of aryl methyl sites for hydroxylation is 1. The maximum absolute atomic E-state index is 11.4. The van der Waals surface area contributed by atoms with E-state index < -0.39 is 0 Å². The van der Waals surface area contributed by atoms with Gasteiger partial charge in [-0.15, -0.1) is 0 Å². The summed E-state index contributed by atoms with van der Waals surface area (Å²) in [6, 6.07) is 16.6. The lowest BCUT2D eigenvalue weighted by Crippen LogP contribution is -2.46. The van der Waals surface area contributed by atoms with Crippen LogP contribution in [0.15, 0.2) is 48.5 Å². The fourth-order valence-corrected chi connectivity index (χ4v) is 4.06. The first kappa shape index (κ1) is 19.5. The van der Waals surface area contributed by atoms with Crippen molar-refractivity contribution in [2.45, 2.75) is 33.4 Å². The number of nitrogens with one attached hydrogen (secondary N) is 1. The zero-order valence-electron chi connectivity index (χ0n) is 17.3. The van der Waals surface area contributed by atoms with Crippen LogP contribution in [-0.2, 0) is 17.9 Å². The molecule has 0 radical (unpaired) electrons. The predicted molar refractivity (Wildman–Crippen MR) is 118 cm³/mol. The number of nitrogens with zero attached hydrogens (tertiary/aromatic N) is 4. The fraction of sp³-hybridized carbons (Fsp3) is 0.391. The summed E-state index contributed by atoms with van der Waals surface area (Å²) in [6.45, 7) is 9.65. The van der Waals surface area contributed by atoms with E-state index in [2.05, 4.69) is 63.0 Å². The van der Waals surface area contributed by atoms with Crippen molar-refractivity contribution in [1.29, 1.82) is 0 Å². The second-order valence-electron chi connectivity index (χ2n) is 7.66. The molecule has 29 heavy (non-hydrogen) atoms. The number of aromatic nitrogens is 2. The fourth-order valence-electron chi connectivity index (χ4n) is 4.06. The number of carbonyl (C=O) groups excluding carboxylic acids is 1. The zero-order chi connectivity index (χ0) is 20.2. The number of para-hydroxylation sites is 1. The summed E-state index contributed by atoms with van der Waals surface area (Å²) in [5.74, 6) is 1.05. The number of hydrogen-bond acceptors (Lipinski definition) is 4. The largest absolute Gasteiger partial charge is 0.369 e.